The van der Waals surface area contributed by atoms with E-state index in [4.69, 9.17) is 9.47 Å². The van der Waals surface area contributed by atoms with Crippen molar-refractivity contribution in [1.82, 2.24) is 10.2 Å². The number of amides is 2. The number of para-hydroxylation sites is 1. The number of nitrogens with one attached hydrogen (secondary N) is 1. The topological polar surface area (TPSA) is 54.0 Å². The molecule has 3 rings (SSSR count). The number of piperidine rings is 1. The van der Waals surface area contributed by atoms with Gasteiger partial charge < -0.3 is 24.6 Å². The molecule has 2 heterocycles. The Bertz CT molecular complexity index is 536. The SMILES string of the molecule is C[C@H](CNC(=O)N1CCC2(CC1)OCCO2)N(C)c1ccccc1. The molecule has 2 aliphatic heterocycles. The molecule has 0 unspecified atom stereocenters. The van der Waals surface area contributed by atoms with Crippen molar-refractivity contribution in [2.45, 2.75) is 31.6 Å². The summed E-state index contributed by atoms with van der Waals surface area (Å²) in [6.07, 6.45) is 1.50. The van der Waals surface area contributed by atoms with Crippen LogP contribution in [0.2, 0.25) is 0 Å². The number of likely N-dealkylation sites (tertiary alicyclic amines) is 1. The Morgan fingerprint density at radius 2 is 1.88 bits per heavy atom. The molecule has 1 spiro atoms. The number of ether oxygens (including phenoxy) is 2. The first-order valence-corrected chi connectivity index (χ1v) is 8.68. The number of urea groups is 1. The van der Waals surface area contributed by atoms with Crippen LogP contribution in [-0.2, 0) is 9.47 Å². The van der Waals surface area contributed by atoms with Gasteiger partial charge in [0.15, 0.2) is 5.79 Å². The van der Waals surface area contributed by atoms with E-state index < -0.39 is 5.79 Å². The van der Waals surface area contributed by atoms with E-state index in [9.17, 15) is 4.79 Å². The summed E-state index contributed by atoms with van der Waals surface area (Å²) in [7, 11) is 2.05. The van der Waals surface area contributed by atoms with Crippen LogP contribution >= 0.6 is 0 Å². The first-order chi connectivity index (χ1) is 11.6. The fourth-order valence-electron chi connectivity index (χ4n) is 3.24. The van der Waals surface area contributed by atoms with Crippen molar-refractivity contribution in [1.29, 1.82) is 0 Å². The van der Waals surface area contributed by atoms with E-state index in [0.717, 1.165) is 18.5 Å². The maximum absolute atomic E-state index is 12.4. The van der Waals surface area contributed by atoms with Crippen molar-refractivity contribution in [3.05, 3.63) is 30.3 Å². The average molecular weight is 333 g/mol. The second-order valence-electron chi connectivity index (χ2n) is 6.58. The van der Waals surface area contributed by atoms with Crippen LogP contribution in [0.5, 0.6) is 0 Å². The molecule has 0 radical (unpaired) electrons. The van der Waals surface area contributed by atoms with Crippen LogP contribution in [0.3, 0.4) is 0 Å². The Balaban J connectivity index is 1.44. The molecule has 0 aliphatic carbocycles. The van der Waals surface area contributed by atoms with Crippen LogP contribution in [0.1, 0.15) is 19.8 Å². The van der Waals surface area contributed by atoms with Gasteiger partial charge in [-0.05, 0) is 19.1 Å². The molecule has 132 valence electrons. The van der Waals surface area contributed by atoms with Gasteiger partial charge >= 0.3 is 6.03 Å². The monoisotopic (exact) mass is 333 g/mol. The number of carbonyl (C=O) groups is 1. The molecule has 0 bridgehead atoms. The Morgan fingerprint density at radius 1 is 1.25 bits per heavy atom. The third kappa shape index (κ3) is 3.82. The first-order valence-electron chi connectivity index (χ1n) is 8.68. The first kappa shape index (κ1) is 17.0. The number of hydrogen-bond donors (Lipinski definition) is 1. The van der Waals surface area contributed by atoms with Crippen molar-refractivity contribution in [3.63, 3.8) is 0 Å². The molecule has 6 heteroatoms. The van der Waals surface area contributed by atoms with Gasteiger partial charge in [0.25, 0.3) is 0 Å². The normalized spacial score (nSPS) is 20.8. The van der Waals surface area contributed by atoms with E-state index in [2.05, 4.69) is 29.3 Å². The van der Waals surface area contributed by atoms with Gasteiger partial charge in [0, 0.05) is 51.3 Å². The quantitative estimate of drug-likeness (QED) is 0.916. The van der Waals surface area contributed by atoms with Gasteiger partial charge in [-0.1, -0.05) is 18.2 Å². The van der Waals surface area contributed by atoms with E-state index in [0.29, 0.717) is 32.8 Å². The van der Waals surface area contributed by atoms with Crippen molar-refractivity contribution in [2.24, 2.45) is 0 Å². The van der Waals surface area contributed by atoms with E-state index >= 15 is 0 Å². The zero-order valence-corrected chi connectivity index (χ0v) is 14.5. The summed E-state index contributed by atoms with van der Waals surface area (Å²) in [4.78, 5) is 16.4. The molecule has 1 atom stereocenters. The Labute approximate surface area is 143 Å². The number of nitrogens with zero attached hydrogens (tertiary/aromatic N) is 2. The molecular weight excluding hydrogens is 306 g/mol. The number of rotatable bonds is 4. The summed E-state index contributed by atoms with van der Waals surface area (Å²) < 4.78 is 11.4. The standard InChI is InChI=1S/C18H27N3O3/c1-15(20(2)16-6-4-3-5-7-16)14-19-17(22)21-10-8-18(9-11-21)23-12-13-24-18/h3-7,15H,8-14H2,1-2H3,(H,19,22)/t15-/m1/s1. The van der Waals surface area contributed by atoms with Crippen LogP contribution in [0.25, 0.3) is 0 Å². The number of hydrogen-bond acceptors (Lipinski definition) is 4. The third-order valence-corrected chi connectivity index (χ3v) is 5.00. The summed E-state index contributed by atoms with van der Waals surface area (Å²) >= 11 is 0. The largest absolute Gasteiger partial charge is 0.370 e. The van der Waals surface area contributed by atoms with Gasteiger partial charge in [0.05, 0.1) is 13.2 Å². The molecule has 24 heavy (non-hydrogen) atoms. The van der Waals surface area contributed by atoms with E-state index in [1.165, 1.54) is 0 Å². The highest BCUT2D eigenvalue weighted by Gasteiger charge is 2.40. The lowest BCUT2D eigenvalue weighted by Crippen LogP contribution is -2.52. The maximum atomic E-state index is 12.4. The highest BCUT2D eigenvalue weighted by molar-refractivity contribution is 5.74. The minimum Gasteiger partial charge on any atom is -0.370 e. The van der Waals surface area contributed by atoms with Gasteiger partial charge in [-0.2, -0.15) is 0 Å². The Kier molecular flexibility index (Phi) is 5.26. The number of benzene rings is 1. The summed E-state index contributed by atoms with van der Waals surface area (Å²) in [5.74, 6) is -0.433. The predicted octanol–water partition coefficient (Wildman–Crippen LogP) is 2.06. The second-order valence-corrected chi connectivity index (χ2v) is 6.58. The van der Waals surface area contributed by atoms with Crippen molar-refractivity contribution < 1.29 is 14.3 Å². The molecule has 2 saturated heterocycles. The highest BCUT2D eigenvalue weighted by Crippen LogP contribution is 2.31. The minimum absolute atomic E-state index is 0.00356. The molecule has 0 aromatic heterocycles. The van der Waals surface area contributed by atoms with E-state index in [1.807, 2.05) is 30.1 Å². The molecule has 1 aromatic carbocycles. The lowest BCUT2D eigenvalue weighted by molar-refractivity contribution is -0.181. The van der Waals surface area contributed by atoms with E-state index in [1.54, 1.807) is 0 Å². The second kappa shape index (κ2) is 7.40. The molecule has 0 saturated carbocycles. The lowest BCUT2D eigenvalue weighted by Gasteiger charge is -2.37. The van der Waals surface area contributed by atoms with E-state index in [-0.39, 0.29) is 12.1 Å². The van der Waals surface area contributed by atoms with Gasteiger partial charge in [-0.3, -0.25) is 0 Å². The van der Waals surface area contributed by atoms with Crippen molar-refractivity contribution >= 4 is 11.7 Å². The third-order valence-electron chi connectivity index (χ3n) is 5.00. The van der Waals surface area contributed by atoms with Crippen molar-refractivity contribution in [2.75, 3.05) is 44.8 Å². The lowest BCUT2D eigenvalue weighted by atomic mass is 10.0. The zero-order valence-electron chi connectivity index (χ0n) is 14.5. The fraction of sp³-hybridized carbons (Fsp3) is 0.611. The van der Waals surface area contributed by atoms with Crippen LogP contribution in [0.4, 0.5) is 10.5 Å². The molecular formula is C18H27N3O3. The smallest absolute Gasteiger partial charge is 0.317 e. The van der Waals surface area contributed by atoms with Crippen molar-refractivity contribution in [3.8, 4) is 0 Å². The van der Waals surface area contributed by atoms with Gasteiger partial charge in [0.2, 0.25) is 0 Å². The van der Waals surface area contributed by atoms with Crippen LogP contribution < -0.4 is 10.2 Å². The number of anilines is 1. The number of likely N-dealkylation sites (N-methyl/N-ethyl adjacent to an activating group) is 1. The van der Waals surface area contributed by atoms with Crippen LogP contribution in [-0.4, -0.2) is 62.7 Å². The molecule has 1 N–H and O–H groups in total. The maximum Gasteiger partial charge on any atom is 0.317 e. The predicted molar refractivity (Wildman–Crippen MR) is 93.1 cm³/mol. The highest BCUT2D eigenvalue weighted by atomic mass is 16.7. The zero-order chi connectivity index (χ0) is 17.0. The summed E-state index contributed by atoms with van der Waals surface area (Å²) in [5, 5.41) is 3.05. The molecule has 2 fully saturated rings. The fourth-order valence-corrected chi connectivity index (χ4v) is 3.24. The average Bonchev–Trinajstić information content (AvgIpc) is 3.08. The van der Waals surface area contributed by atoms with Crippen LogP contribution in [0.15, 0.2) is 30.3 Å². The van der Waals surface area contributed by atoms with Crippen LogP contribution in [0, 0.1) is 0 Å². The van der Waals surface area contributed by atoms with Gasteiger partial charge in [-0.15, -0.1) is 0 Å². The minimum atomic E-state index is -0.433. The summed E-state index contributed by atoms with van der Waals surface area (Å²) in [5.41, 5.74) is 1.15. The van der Waals surface area contributed by atoms with Gasteiger partial charge in [0.1, 0.15) is 0 Å². The van der Waals surface area contributed by atoms with Gasteiger partial charge in [-0.25, -0.2) is 4.79 Å². The Hall–Kier alpha value is -1.79. The number of carbonyl (C=O) groups excluding carboxylic acids is 1. The molecule has 2 aliphatic rings. The Morgan fingerprint density at radius 3 is 2.50 bits per heavy atom. The molecule has 6 nitrogen and oxygen atoms in total. The molecule has 1 aromatic rings. The summed E-state index contributed by atoms with van der Waals surface area (Å²) in [6, 6.07) is 10.4. The molecule has 2 amide bonds. The summed E-state index contributed by atoms with van der Waals surface area (Å²) in [6.45, 7) is 5.39.